The third-order valence-corrected chi connectivity index (χ3v) is 6.10. The van der Waals surface area contributed by atoms with E-state index in [1.165, 1.54) is 23.1 Å². The van der Waals surface area contributed by atoms with Crippen LogP contribution in [0.5, 0.6) is 11.5 Å². The predicted molar refractivity (Wildman–Crippen MR) is 127 cm³/mol. The highest BCUT2D eigenvalue weighted by Gasteiger charge is 2.35. The molecule has 2 aromatic carbocycles. The molecule has 0 aliphatic carbocycles. The highest BCUT2D eigenvalue weighted by molar-refractivity contribution is 6.09. The van der Waals surface area contributed by atoms with Crippen molar-refractivity contribution in [3.63, 3.8) is 0 Å². The van der Waals surface area contributed by atoms with Gasteiger partial charge in [-0.1, -0.05) is 12.1 Å². The number of hydrogen-bond acceptors (Lipinski definition) is 5. The Hall–Kier alpha value is -3.43. The van der Waals surface area contributed by atoms with Crippen LogP contribution in [0.1, 0.15) is 47.8 Å². The topological polar surface area (TPSA) is 68.3 Å². The van der Waals surface area contributed by atoms with Crippen LogP contribution in [0.3, 0.4) is 0 Å². The first-order valence-electron chi connectivity index (χ1n) is 11.8. The van der Waals surface area contributed by atoms with Crippen LogP contribution in [0.25, 0.3) is 0 Å². The van der Waals surface area contributed by atoms with Crippen LogP contribution in [-0.4, -0.2) is 55.1 Å². The van der Waals surface area contributed by atoms with Gasteiger partial charge in [-0.05, 0) is 75.4 Å². The number of hydrogen-bond donors (Lipinski definition) is 0. The zero-order valence-electron chi connectivity index (χ0n) is 20.7. The van der Waals surface area contributed by atoms with E-state index in [0.717, 1.165) is 22.8 Å². The predicted octanol–water partition coefficient (Wildman–Crippen LogP) is 5.27. The van der Waals surface area contributed by atoms with Gasteiger partial charge in [0, 0.05) is 13.1 Å². The molecule has 0 aromatic heterocycles. The fourth-order valence-electron chi connectivity index (χ4n) is 4.59. The number of benzene rings is 2. The Morgan fingerprint density at radius 2 is 1.72 bits per heavy atom. The Bertz CT molecular complexity index is 1170. The summed E-state index contributed by atoms with van der Waals surface area (Å²) in [5.74, 6) is -0.666. The number of carbonyl (C=O) groups excluding carboxylic acids is 2. The van der Waals surface area contributed by atoms with Crippen LogP contribution >= 0.6 is 0 Å². The smallest absolute Gasteiger partial charge is 0.490 e. The lowest BCUT2D eigenvalue weighted by Gasteiger charge is -2.33. The molecule has 7 nitrogen and oxygen atoms in total. The van der Waals surface area contributed by atoms with Crippen molar-refractivity contribution in [1.82, 2.24) is 4.90 Å². The minimum Gasteiger partial charge on any atom is -0.490 e. The number of rotatable bonds is 2. The van der Waals surface area contributed by atoms with E-state index in [-0.39, 0.29) is 24.8 Å². The first kappa shape index (κ1) is 25.7. The lowest BCUT2D eigenvalue weighted by atomic mass is 9.94. The van der Waals surface area contributed by atoms with Crippen LogP contribution in [0.15, 0.2) is 30.3 Å². The number of ether oxygens (including phenoxy) is 3. The quantitative estimate of drug-likeness (QED) is 0.555. The van der Waals surface area contributed by atoms with Gasteiger partial charge in [-0.25, -0.2) is 4.79 Å². The lowest BCUT2D eigenvalue weighted by Crippen LogP contribution is -2.39. The molecule has 10 heteroatoms. The summed E-state index contributed by atoms with van der Waals surface area (Å²) in [7, 11) is 0. The Balaban J connectivity index is 1.65. The van der Waals surface area contributed by atoms with Crippen molar-refractivity contribution in [2.75, 3.05) is 31.1 Å². The molecule has 0 spiro atoms. The zero-order chi connectivity index (χ0) is 26.3. The van der Waals surface area contributed by atoms with Crippen molar-refractivity contribution >= 4 is 17.7 Å². The largest absolute Gasteiger partial charge is 0.573 e. The van der Waals surface area contributed by atoms with Gasteiger partial charge in [-0.3, -0.25) is 4.79 Å². The molecule has 0 atom stereocenters. The molecule has 2 aromatic rings. The highest BCUT2D eigenvalue weighted by atomic mass is 19.4. The van der Waals surface area contributed by atoms with Gasteiger partial charge < -0.3 is 24.0 Å². The number of fused-ring (bicyclic) bond motifs is 2. The molecule has 0 bridgehead atoms. The van der Waals surface area contributed by atoms with Crippen LogP contribution in [-0.2, 0) is 17.6 Å². The molecule has 2 heterocycles. The van der Waals surface area contributed by atoms with Gasteiger partial charge >= 0.3 is 12.5 Å². The first-order chi connectivity index (χ1) is 16.8. The van der Waals surface area contributed by atoms with E-state index < -0.39 is 23.6 Å². The maximum atomic E-state index is 13.5. The minimum atomic E-state index is -4.92. The van der Waals surface area contributed by atoms with Crippen LogP contribution in [0.4, 0.5) is 23.7 Å². The van der Waals surface area contributed by atoms with Gasteiger partial charge in [0.1, 0.15) is 23.7 Å². The van der Waals surface area contributed by atoms with E-state index in [0.29, 0.717) is 37.4 Å². The van der Waals surface area contributed by atoms with Crippen LogP contribution < -0.4 is 14.4 Å². The molecule has 2 aliphatic heterocycles. The number of para-hydroxylation sites is 1. The second-order valence-corrected chi connectivity index (χ2v) is 9.80. The van der Waals surface area contributed by atoms with E-state index in [9.17, 15) is 22.8 Å². The van der Waals surface area contributed by atoms with E-state index in [1.807, 2.05) is 33.8 Å². The van der Waals surface area contributed by atoms with Crippen molar-refractivity contribution in [3.05, 3.63) is 52.6 Å². The van der Waals surface area contributed by atoms with E-state index >= 15 is 0 Å². The molecule has 4 rings (SSSR count). The normalized spacial score (nSPS) is 15.9. The third kappa shape index (κ3) is 5.52. The lowest BCUT2D eigenvalue weighted by molar-refractivity contribution is -0.274. The summed E-state index contributed by atoms with van der Waals surface area (Å²) in [6, 6.07) is 7.18. The fraction of sp³-hybridized carbons (Fsp3) is 0.462. The molecule has 36 heavy (non-hydrogen) atoms. The van der Waals surface area contributed by atoms with Gasteiger partial charge in [-0.15, -0.1) is 13.2 Å². The SMILES string of the molecule is Cc1c2c(cc3c1N(C(=O)c1ccccc1OC(F)(F)F)CCO3)CCN(C(=O)OC(C)(C)C)CC2. The van der Waals surface area contributed by atoms with Gasteiger partial charge in [0.2, 0.25) is 0 Å². The summed E-state index contributed by atoms with van der Waals surface area (Å²) in [6.07, 6.45) is -4.18. The molecular weight excluding hydrogens is 477 g/mol. The van der Waals surface area contributed by atoms with Crippen molar-refractivity contribution in [2.45, 2.75) is 52.5 Å². The molecular formula is C26H29F3N2O5. The number of nitrogens with zero attached hydrogens (tertiary/aromatic N) is 2. The van der Waals surface area contributed by atoms with Gasteiger partial charge in [0.05, 0.1) is 17.8 Å². The fourth-order valence-corrected chi connectivity index (χ4v) is 4.59. The van der Waals surface area contributed by atoms with Crippen LogP contribution in [0.2, 0.25) is 0 Å². The second-order valence-electron chi connectivity index (χ2n) is 9.80. The second kappa shape index (κ2) is 9.55. The first-order valence-corrected chi connectivity index (χ1v) is 11.8. The molecule has 0 fully saturated rings. The summed E-state index contributed by atoms with van der Waals surface area (Å²) in [6.45, 7) is 8.61. The Labute approximate surface area is 207 Å². The maximum absolute atomic E-state index is 13.5. The Morgan fingerprint density at radius 3 is 2.42 bits per heavy atom. The van der Waals surface area contributed by atoms with E-state index in [4.69, 9.17) is 9.47 Å². The summed E-state index contributed by atoms with van der Waals surface area (Å²) in [5, 5.41) is 0. The molecule has 0 N–H and O–H groups in total. The Kier molecular flexibility index (Phi) is 6.81. The summed E-state index contributed by atoms with van der Waals surface area (Å²) in [5.41, 5.74) is 2.53. The minimum absolute atomic E-state index is 0.176. The molecule has 0 unspecified atom stereocenters. The molecule has 0 radical (unpaired) electrons. The molecule has 194 valence electrons. The molecule has 2 aliphatic rings. The third-order valence-electron chi connectivity index (χ3n) is 6.10. The average molecular weight is 507 g/mol. The maximum Gasteiger partial charge on any atom is 0.573 e. The van der Waals surface area contributed by atoms with E-state index in [2.05, 4.69) is 4.74 Å². The summed E-state index contributed by atoms with van der Waals surface area (Å²) >= 11 is 0. The van der Waals surface area contributed by atoms with Gasteiger partial charge in [-0.2, -0.15) is 0 Å². The van der Waals surface area contributed by atoms with Crippen molar-refractivity contribution in [2.24, 2.45) is 0 Å². The van der Waals surface area contributed by atoms with Crippen molar-refractivity contribution < 1.29 is 37.0 Å². The summed E-state index contributed by atoms with van der Waals surface area (Å²) in [4.78, 5) is 29.2. The van der Waals surface area contributed by atoms with Crippen molar-refractivity contribution in [1.29, 1.82) is 0 Å². The van der Waals surface area contributed by atoms with E-state index in [1.54, 1.807) is 4.90 Å². The molecule has 0 saturated heterocycles. The number of anilines is 1. The summed E-state index contributed by atoms with van der Waals surface area (Å²) < 4.78 is 54.3. The monoisotopic (exact) mass is 506 g/mol. The number of carbonyl (C=O) groups is 2. The number of amides is 2. The molecule has 0 saturated carbocycles. The number of alkyl halides is 3. The Morgan fingerprint density at radius 1 is 1.03 bits per heavy atom. The standard InChI is InChI=1S/C26H29F3N2O5/c1-16-18-10-12-30(24(33)36-25(2,3)4)11-9-17(18)15-21-22(16)31(13-14-34-21)23(32)19-7-5-6-8-20(19)35-26(27,28)29/h5-8,15H,9-14H2,1-4H3. The highest BCUT2D eigenvalue weighted by Crippen LogP contribution is 2.41. The molecule has 2 amide bonds. The van der Waals surface area contributed by atoms with Gasteiger partial charge in [0.25, 0.3) is 5.91 Å². The van der Waals surface area contributed by atoms with Crippen molar-refractivity contribution in [3.8, 4) is 11.5 Å². The van der Waals surface area contributed by atoms with Gasteiger partial charge in [0.15, 0.2) is 0 Å². The van der Waals surface area contributed by atoms with Crippen LogP contribution in [0, 0.1) is 6.92 Å². The zero-order valence-corrected chi connectivity index (χ0v) is 20.7. The average Bonchev–Trinajstić information content (AvgIpc) is 2.99. The number of halogens is 3.